The SMILES string of the molecule is CN(C)CCn1cc(C(=O)N[C@H]2CCCn3ncnc32)c2ccccc21. The van der Waals surface area contributed by atoms with E-state index in [1.54, 1.807) is 6.33 Å². The van der Waals surface area contributed by atoms with Crippen molar-refractivity contribution in [2.75, 3.05) is 20.6 Å². The van der Waals surface area contributed by atoms with Gasteiger partial charge in [-0.3, -0.25) is 4.79 Å². The van der Waals surface area contributed by atoms with E-state index in [0.717, 1.165) is 54.8 Å². The lowest BCUT2D eigenvalue weighted by Crippen LogP contribution is -2.33. The van der Waals surface area contributed by atoms with Gasteiger partial charge in [0.05, 0.1) is 11.6 Å². The molecule has 1 N–H and O–H groups in total. The van der Waals surface area contributed by atoms with Gasteiger partial charge in [0, 0.05) is 36.7 Å². The van der Waals surface area contributed by atoms with Crippen molar-refractivity contribution in [1.82, 2.24) is 29.5 Å². The molecule has 2 aromatic heterocycles. The average Bonchev–Trinajstić information content (AvgIpc) is 3.25. The third kappa shape index (κ3) is 3.10. The van der Waals surface area contributed by atoms with Crippen LogP contribution in [0.4, 0.5) is 0 Å². The van der Waals surface area contributed by atoms with Crippen molar-refractivity contribution < 1.29 is 4.79 Å². The summed E-state index contributed by atoms with van der Waals surface area (Å²) in [5.74, 6) is 0.798. The Bertz CT molecular complexity index is 925. The average molecular weight is 352 g/mol. The van der Waals surface area contributed by atoms with E-state index in [9.17, 15) is 4.79 Å². The molecule has 0 aliphatic carbocycles. The van der Waals surface area contributed by atoms with E-state index in [2.05, 4.69) is 45.0 Å². The van der Waals surface area contributed by atoms with Gasteiger partial charge in [-0.25, -0.2) is 9.67 Å². The van der Waals surface area contributed by atoms with Crippen LogP contribution < -0.4 is 5.32 Å². The monoisotopic (exact) mass is 352 g/mol. The van der Waals surface area contributed by atoms with Crippen molar-refractivity contribution >= 4 is 16.8 Å². The predicted octanol–water partition coefficient (Wildman–Crippen LogP) is 2.06. The highest BCUT2D eigenvalue weighted by Gasteiger charge is 2.25. The van der Waals surface area contributed by atoms with Gasteiger partial charge in [-0.15, -0.1) is 0 Å². The first-order valence-corrected chi connectivity index (χ1v) is 9.04. The van der Waals surface area contributed by atoms with Crippen LogP contribution in [-0.2, 0) is 13.1 Å². The molecule has 0 unspecified atom stereocenters. The molecule has 0 radical (unpaired) electrons. The van der Waals surface area contributed by atoms with Crippen molar-refractivity contribution in [1.29, 1.82) is 0 Å². The lowest BCUT2D eigenvalue weighted by atomic mass is 10.1. The quantitative estimate of drug-likeness (QED) is 0.763. The van der Waals surface area contributed by atoms with Gasteiger partial charge >= 0.3 is 0 Å². The molecule has 0 saturated carbocycles. The largest absolute Gasteiger partial charge is 0.345 e. The summed E-state index contributed by atoms with van der Waals surface area (Å²) >= 11 is 0. The lowest BCUT2D eigenvalue weighted by molar-refractivity contribution is 0.0928. The summed E-state index contributed by atoms with van der Waals surface area (Å²) in [6, 6.07) is 7.99. The highest BCUT2D eigenvalue weighted by Crippen LogP contribution is 2.25. The van der Waals surface area contributed by atoms with E-state index in [-0.39, 0.29) is 11.9 Å². The zero-order chi connectivity index (χ0) is 18.1. The number of amides is 1. The predicted molar refractivity (Wildman–Crippen MR) is 100.0 cm³/mol. The van der Waals surface area contributed by atoms with E-state index < -0.39 is 0 Å². The number of likely N-dealkylation sites (N-methyl/N-ethyl adjacent to an activating group) is 1. The van der Waals surface area contributed by atoms with Crippen LogP contribution in [0.3, 0.4) is 0 Å². The van der Waals surface area contributed by atoms with Crippen molar-refractivity contribution in [3.05, 3.63) is 48.2 Å². The molecule has 7 nitrogen and oxygen atoms in total. The molecular weight excluding hydrogens is 328 g/mol. The molecule has 4 rings (SSSR count). The number of nitrogens with one attached hydrogen (secondary N) is 1. The molecule has 7 heteroatoms. The van der Waals surface area contributed by atoms with E-state index in [1.165, 1.54) is 0 Å². The van der Waals surface area contributed by atoms with E-state index in [4.69, 9.17) is 0 Å². The molecule has 1 aliphatic rings. The molecule has 26 heavy (non-hydrogen) atoms. The third-order valence-corrected chi connectivity index (χ3v) is 4.95. The standard InChI is InChI=1S/C19H24N6O/c1-23(2)10-11-24-12-15(14-6-3-4-8-17(14)24)19(26)22-16-7-5-9-25-18(16)20-13-21-25/h3-4,6,8,12-13,16H,5,7,9-11H2,1-2H3,(H,22,26)/t16-/m0/s1. The van der Waals surface area contributed by atoms with Crippen LogP contribution in [0.1, 0.15) is 35.1 Å². The van der Waals surface area contributed by atoms with Crippen LogP contribution >= 0.6 is 0 Å². The fraction of sp³-hybridized carbons (Fsp3) is 0.421. The van der Waals surface area contributed by atoms with Gasteiger partial charge < -0.3 is 14.8 Å². The number of benzene rings is 1. The van der Waals surface area contributed by atoms with Crippen molar-refractivity contribution in [2.45, 2.75) is 32.0 Å². The molecule has 1 amide bonds. The number of aryl methyl sites for hydroxylation is 1. The maximum atomic E-state index is 13.0. The zero-order valence-corrected chi connectivity index (χ0v) is 15.2. The van der Waals surface area contributed by atoms with E-state index in [0.29, 0.717) is 0 Å². The Morgan fingerprint density at radius 1 is 1.35 bits per heavy atom. The first-order chi connectivity index (χ1) is 12.6. The van der Waals surface area contributed by atoms with Gasteiger partial charge in [0.2, 0.25) is 0 Å². The van der Waals surface area contributed by atoms with E-state index >= 15 is 0 Å². The summed E-state index contributed by atoms with van der Waals surface area (Å²) in [5.41, 5.74) is 1.81. The summed E-state index contributed by atoms with van der Waals surface area (Å²) in [7, 11) is 4.11. The Balaban J connectivity index is 1.61. The molecule has 0 bridgehead atoms. The van der Waals surface area contributed by atoms with Gasteiger partial charge in [0.1, 0.15) is 12.2 Å². The summed E-state index contributed by atoms with van der Waals surface area (Å²) in [6.07, 6.45) is 5.42. The smallest absolute Gasteiger partial charge is 0.254 e. The minimum atomic E-state index is -0.0809. The summed E-state index contributed by atoms with van der Waals surface area (Å²) < 4.78 is 4.04. The van der Waals surface area contributed by atoms with Crippen LogP contribution in [0.25, 0.3) is 10.9 Å². The maximum absolute atomic E-state index is 13.0. The van der Waals surface area contributed by atoms with Gasteiger partial charge in [0.25, 0.3) is 5.91 Å². The number of hydrogen-bond acceptors (Lipinski definition) is 4. The molecule has 3 aromatic rings. The lowest BCUT2D eigenvalue weighted by Gasteiger charge is -2.23. The second kappa shape index (κ2) is 6.92. The first kappa shape index (κ1) is 16.8. The Morgan fingerprint density at radius 3 is 3.04 bits per heavy atom. The van der Waals surface area contributed by atoms with Crippen LogP contribution in [0.15, 0.2) is 36.8 Å². The minimum absolute atomic E-state index is 0.0498. The molecule has 0 spiro atoms. The number of aromatic nitrogens is 4. The molecule has 1 aromatic carbocycles. The third-order valence-electron chi connectivity index (χ3n) is 4.95. The van der Waals surface area contributed by atoms with E-state index in [1.807, 2.05) is 29.1 Å². The van der Waals surface area contributed by atoms with Crippen LogP contribution in [0, 0.1) is 0 Å². The molecule has 0 saturated heterocycles. The molecule has 1 atom stereocenters. The topological polar surface area (TPSA) is 68.0 Å². The summed E-state index contributed by atoms with van der Waals surface area (Å²) in [4.78, 5) is 19.5. The zero-order valence-electron chi connectivity index (χ0n) is 15.2. The Morgan fingerprint density at radius 2 is 2.19 bits per heavy atom. The van der Waals surface area contributed by atoms with Crippen LogP contribution in [0.2, 0.25) is 0 Å². The summed E-state index contributed by atoms with van der Waals surface area (Å²) in [6.45, 7) is 2.63. The molecular formula is C19H24N6O. The Kier molecular flexibility index (Phi) is 4.46. The van der Waals surface area contributed by atoms with Gasteiger partial charge in [-0.05, 0) is 33.0 Å². The Hall–Kier alpha value is -2.67. The second-order valence-corrected chi connectivity index (χ2v) is 7.07. The van der Waals surface area contributed by atoms with Gasteiger partial charge in [0.15, 0.2) is 0 Å². The van der Waals surface area contributed by atoms with Gasteiger partial charge in [-0.2, -0.15) is 5.10 Å². The molecule has 3 heterocycles. The highest BCUT2D eigenvalue weighted by molar-refractivity contribution is 6.07. The maximum Gasteiger partial charge on any atom is 0.254 e. The number of rotatable bonds is 5. The first-order valence-electron chi connectivity index (χ1n) is 9.04. The van der Waals surface area contributed by atoms with Crippen LogP contribution in [-0.4, -0.2) is 50.8 Å². The van der Waals surface area contributed by atoms with Crippen molar-refractivity contribution in [3.63, 3.8) is 0 Å². The fourth-order valence-electron chi connectivity index (χ4n) is 3.58. The number of carbonyl (C=O) groups excluding carboxylic acids is 1. The number of para-hydroxylation sites is 1. The van der Waals surface area contributed by atoms with Crippen LogP contribution in [0.5, 0.6) is 0 Å². The van der Waals surface area contributed by atoms with Crippen molar-refractivity contribution in [2.24, 2.45) is 0 Å². The normalized spacial score (nSPS) is 16.8. The molecule has 1 aliphatic heterocycles. The Labute approximate surface area is 152 Å². The van der Waals surface area contributed by atoms with Crippen molar-refractivity contribution in [3.8, 4) is 0 Å². The summed E-state index contributed by atoms with van der Waals surface area (Å²) in [5, 5.41) is 8.38. The molecule has 136 valence electrons. The molecule has 0 fully saturated rings. The second-order valence-electron chi connectivity index (χ2n) is 7.07. The number of fused-ring (bicyclic) bond motifs is 2. The number of hydrogen-bond donors (Lipinski definition) is 1. The number of carbonyl (C=O) groups is 1. The minimum Gasteiger partial charge on any atom is -0.345 e. The number of nitrogens with zero attached hydrogens (tertiary/aromatic N) is 5. The fourth-order valence-corrected chi connectivity index (χ4v) is 3.58. The van der Waals surface area contributed by atoms with Gasteiger partial charge in [-0.1, -0.05) is 18.2 Å². The highest BCUT2D eigenvalue weighted by atomic mass is 16.1.